The van der Waals surface area contributed by atoms with E-state index >= 15 is 0 Å². The highest BCUT2D eigenvalue weighted by atomic mass is 35.5. The molecule has 0 atom stereocenters. The summed E-state index contributed by atoms with van der Waals surface area (Å²) in [6.07, 6.45) is 22.5. The lowest BCUT2D eigenvalue weighted by molar-refractivity contribution is 0.532. The largest absolute Gasteiger partial charge is 0.121 e. The second-order valence-corrected chi connectivity index (χ2v) is 6.20. The van der Waals surface area contributed by atoms with E-state index in [9.17, 15) is 0 Å². The monoisotopic (exact) mass is 287 g/mol. The Kier molecular flexibility index (Phi) is 18.6. The van der Waals surface area contributed by atoms with Gasteiger partial charge >= 0.3 is 0 Å². The maximum absolute atomic E-state index is 5.53. The van der Waals surface area contributed by atoms with Crippen molar-refractivity contribution in [2.45, 2.75) is 110 Å². The van der Waals surface area contributed by atoms with Gasteiger partial charge in [-0.25, -0.2) is 0 Å². The molecule has 0 fully saturated rings. The first-order valence-corrected chi connectivity index (χ1v) is 9.27. The summed E-state index contributed by atoms with van der Waals surface area (Å²) in [5, 5.41) is 0. The molecule has 19 heavy (non-hydrogen) atoms. The Balaban J connectivity index is 2.88. The first-order valence-electron chi connectivity index (χ1n) is 8.83. The molecule has 0 aliphatic rings. The van der Waals surface area contributed by atoms with Gasteiger partial charge in [0.25, 0.3) is 0 Å². The van der Waals surface area contributed by atoms with E-state index in [-0.39, 0.29) is 0 Å². The van der Waals surface area contributed by atoms with Crippen molar-refractivity contribution in [3.63, 3.8) is 0 Å². The van der Waals surface area contributed by atoms with E-state index in [1.807, 2.05) is 0 Å². The summed E-state index contributed by atoms with van der Waals surface area (Å²) >= 11 is 5.53. The van der Waals surface area contributed by atoms with Crippen LogP contribution in [-0.4, -0.2) is 0 Å². The van der Waals surface area contributed by atoms with E-state index in [0.717, 1.165) is 6.42 Å². The molecule has 115 valence electrons. The molecular formula is C18H36Cl. The molecule has 0 spiro atoms. The van der Waals surface area contributed by atoms with Crippen LogP contribution in [0.3, 0.4) is 0 Å². The minimum atomic E-state index is 1.08. The summed E-state index contributed by atoms with van der Waals surface area (Å²) in [4.78, 5) is 0. The van der Waals surface area contributed by atoms with E-state index in [4.69, 9.17) is 11.6 Å². The zero-order valence-corrected chi connectivity index (χ0v) is 14.0. The molecule has 0 aliphatic carbocycles. The van der Waals surface area contributed by atoms with Gasteiger partial charge < -0.3 is 0 Å². The quantitative estimate of drug-likeness (QED) is 0.256. The van der Waals surface area contributed by atoms with E-state index in [0.29, 0.717) is 0 Å². The van der Waals surface area contributed by atoms with Crippen molar-refractivity contribution in [3.05, 3.63) is 5.88 Å². The fourth-order valence-electron chi connectivity index (χ4n) is 2.59. The van der Waals surface area contributed by atoms with Crippen molar-refractivity contribution in [1.29, 1.82) is 0 Å². The molecule has 0 aromatic heterocycles. The van der Waals surface area contributed by atoms with E-state index in [1.54, 1.807) is 5.88 Å². The summed E-state index contributed by atoms with van der Waals surface area (Å²) in [5.74, 6) is 1.77. The molecule has 0 rings (SSSR count). The fourth-order valence-corrected chi connectivity index (χ4v) is 2.75. The standard InChI is InChI=1S/C18H36Cl/c1-2-3-4-5-6-7-8-9-10-11-12-13-14-15-16-17-18-19/h18H,2-17H2,1H3. The molecule has 0 aromatic rings. The number of halogens is 1. The fraction of sp³-hybridized carbons (Fsp3) is 0.944. The Hall–Kier alpha value is 0.290. The number of unbranched alkanes of at least 4 members (excludes halogenated alkanes) is 15. The number of rotatable bonds is 16. The van der Waals surface area contributed by atoms with Crippen LogP contribution in [0, 0.1) is 5.88 Å². The van der Waals surface area contributed by atoms with Crippen molar-refractivity contribution in [1.82, 2.24) is 0 Å². The predicted molar refractivity (Wildman–Crippen MR) is 89.7 cm³/mol. The number of hydrogen-bond acceptors (Lipinski definition) is 0. The van der Waals surface area contributed by atoms with Gasteiger partial charge in [0.05, 0.1) is 0 Å². The summed E-state index contributed by atoms with van der Waals surface area (Å²) in [5.41, 5.74) is 0. The first kappa shape index (κ1) is 19.3. The van der Waals surface area contributed by atoms with Gasteiger partial charge in [0.1, 0.15) is 0 Å². The van der Waals surface area contributed by atoms with E-state index < -0.39 is 0 Å². The van der Waals surface area contributed by atoms with Crippen LogP contribution < -0.4 is 0 Å². The Morgan fingerprint density at radius 1 is 0.526 bits per heavy atom. The Bertz CT molecular complexity index is 129. The molecule has 0 saturated heterocycles. The van der Waals surface area contributed by atoms with Crippen LogP contribution in [-0.2, 0) is 0 Å². The van der Waals surface area contributed by atoms with Crippen molar-refractivity contribution in [2.75, 3.05) is 0 Å². The van der Waals surface area contributed by atoms with Gasteiger partial charge in [0, 0.05) is 5.88 Å². The third-order valence-electron chi connectivity index (χ3n) is 3.92. The van der Waals surface area contributed by atoms with Crippen molar-refractivity contribution < 1.29 is 0 Å². The zero-order chi connectivity index (χ0) is 14.0. The highest BCUT2D eigenvalue weighted by Crippen LogP contribution is 2.13. The van der Waals surface area contributed by atoms with Crippen LogP contribution in [0.2, 0.25) is 0 Å². The lowest BCUT2D eigenvalue weighted by Gasteiger charge is -2.03. The van der Waals surface area contributed by atoms with Gasteiger partial charge in [-0.3, -0.25) is 0 Å². The normalized spacial score (nSPS) is 11.1. The molecule has 0 saturated carbocycles. The summed E-state index contributed by atoms with van der Waals surface area (Å²) in [6, 6.07) is 0. The Morgan fingerprint density at radius 2 is 0.842 bits per heavy atom. The molecule has 0 aliphatic heterocycles. The molecule has 1 radical (unpaired) electrons. The summed E-state index contributed by atoms with van der Waals surface area (Å²) in [7, 11) is 0. The van der Waals surface area contributed by atoms with Gasteiger partial charge in [-0.2, -0.15) is 0 Å². The van der Waals surface area contributed by atoms with Crippen LogP contribution in [0.25, 0.3) is 0 Å². The molecule has 1 heteroatoms. The lowest BCUT2D eigenvalue weighted by atomic mass is 10.0. The number of hydrogen-bond donors (Lipinski definition) is 0. The maximum atomic E-state index is 5.53. The van der Waals surface area contributed by atoms with Crippen LogP contribution in [0.1, 0.15) is 110 Å². The van der Waals surface area contributed by atoms with Crippen molar-refractivity contribution in [2.24, 2.45) is 0 Å². The van der Waals surface area contributed by atoms with Crippen molar-refractivity contribution >= 4 is 11.6 Å². The highest BCUT2D eigenvalue weighted by Gasteiger charge is 1.94. The first-order chi connectivity index (χ1) is 9.41. The van der Waals surface area contributed by atoms with Crippen LogP contribution in [0.5, 0.6) is 0 Å². The smallest absolute Gasteiger partial charge is 0.0499 e. The summed E-state index contributed by atoms with van der Waals surface area (Å²) in [6.45, 7) is 2.29. The van der Waals surface area contributed by atoms with E-state index in [1.165, 1.54) is 96.3 Å². The minimum Gasteiger partial charge on any atom is -0.121 e. The molecule has 0 bridgehead atoms. The predicted octanol–water partition coefficient (Wildman–Crippen LogP) is 7.65. The van der Waals surface area contributed by atoms with Gasteiger partial charge in [-0.1, -0.05) is 103 Å². The van der Waals surface area contributed by atoms with E-state index in [2.05, 4.69) is 6.92 Å². The van der Waals surface area contributed by atoms with Gasteiger partial charge in [-0.15, -0.1) is 11.6 Å². The molecular weight excluding hydrogens is 252 g/mol. The molecule has 0 N–H and O–H groups in total. The molecule has 0 nitrogen and oxygen atoms in total. The second-order valence-electron chi connectivity index (χ2n) is 5.89. The van der Waals surface area contributed by atoms with Crippen LogP contribution >= 0.6 is 11.6 Å². The van der Waals surface area contributed by atoms with Crippen molar-refractivity contribution in [3.8, 4) is 0 Å². The molecule has 0 amide bonds. The molecule has 0 aromatic carbocycles. The molecule has 0 heterocycles. The lowest BCUT2D eigenvalue weighted by Crippen LogP contribution is -1.83. The third-order valence-corrected chi connectivity index (χ3v) is 4.14. The molecule has 0 unspecified atom stereocenters. The maximum Gasteiger partial charge on any atom is 0.0499 e. The summed E-state index contributed by atoms with van der Waals surface area (Å²) < 4.78 is 0. The van der Waals surface area contributed by atoms with Gasteiger partial charge in [0.15, 0.2) is 0 Å². The second kappa shape index (κ2) is 18.3. The highest BCUT2D eigenvalue weighted by molar-refractivity contribution is 6.23. The average molecular weight is 288 g/mol. The Morgan fingerprint density at radius 3 is 1.16 bits per heavy atom. The zero-order valence-electron chi connectivity index (χ0n) is 13.3. The SMILES string of the molecule is CCCCCCCCCCCCCCCCC[CH]Cl. The average Bonchev–Trinajstić information content (AvgIpc) is 2.43. The van der Waals surface area contributed by atoms with Crippen LogP contribution in [0.15, 0.2) is 0 Å². The van der Waals surface area contributed by atoms with Gasteiger partial charge in [0.2, 0.25) is 0 Å². The topological polar surface area (TPSA) is 0 Å². The Labute approximate surface area is 127 Å². The third kappa shape index (κ3) is 18.3. The van der Waals surface area contributed by atoms with Crippen LogP contribution in [0.4, 0.5) is 0 Å². The van der Waals surface area contributed by atoms with Gasteiger partial charge in [-0.05, 0) is 6.42 Å². The minimum absolute atomic E-state index is 1.08.